The molecule has 0 aliphatic carbocycles. The highest BCUT2D eigenvalue weighted by Crippen LogP contribution is 2.19. The van der Waals surface area contributed by atoms with E-state index in [2.05, 4.69) is 4.98 Å². The molecule has 6 heteroatoms. The van der Waals surface area contributed by atoms with Crippen LogP contribution in [-0.4, -0.2) is 32.7 Å². The molecule has 0 amide bonds. The largest absolute Gasteiger partial charge is 0.497 e. The lowest BCUT2D eigenvalue weighted by Crippen LogP contribution is -1.97. The zero-order valence-electron chi connectivity index (χ0n) is 8.54. The summed E-state index contributed by atoms with van der Waals surface area (Å²) in [6, 6.07) is 3.23. The summed E-state index contributed by atoms with van der Waals surface area (Å²) >= 11 is 0. The van der Waals surface area contributed by atoms with Gasteiger partial charge in [-0.25, -0.2) is 9.78 Å². The Hall–Kier alpha value is -2.08. The molecule has 0 bridgehead atoms. The number of aliphatic hydroxyl groups is 1. The Kier molecular flexibility index (Phi) is 2.49. The van der Waals surface area contributed by atoms with Gasteiger partial charge in [0.15, 0.2) is 5.69 Å². The molecule has 0 spiro atoms. The highest BCUT2D eigenvalue weighted by molar-refractivity contribution is 5.94. The average Bonchev–Trinajstić information content (AvgIpc) is 2.66. The Balaban J connectivity index is 2.75. The molecular formula is C10H10N2O4. The van der Waals surface area contributed by atoms with Crippen molar-refractivity contribution in [3.05, 3.63) is 29.8 Å². The third kappa shape index (κ3) is 1.49. The Bertz CT molecular complexity index is 547. The second-order valence-electron chi connectivity index (χ2n) is 3.16. The van der Waals surface area contributed by atoms with Gasteiger partial charge in [-0.15, -0.1) is 0 Å². The van der Waals surface area contributed by atoms with Gasteiger partial charge in [0.25, 0.3) is 0 Å². The number of hydrogen-bond donors (Lipinski definition) is 2. The molecule has 0 unspecified atom stereocenters. The minimum atomic E-state index is -1.13. The first-order chi connectivity index (χ1) is 7.67. The first kappa shape index (κ1) is 10.4. The summed E-state index contributed by atoms with van der Waals surface area (Å²) in [5.74, 6) is -0.306. The van der Waals surface area contributed by atoms with Crippen LogP contribution < -0.4 is 4.74 Å². The highest BCUT2D eigenvalue weighted by atomic mass is 16.5. The predicted octanol–water partition coefficient (Wildman–Crippen LogP) is 0.533. The fraction of sp³-hybridized carbons (Fsp3) is 0.200. The Morgan fingerprint density at radius 1 is 1.62 bits per heavy atom. The third-order valence-corrected chi connectivity index (χ3v) is 2.27. The van der Waals surface area contributed by atoms with E-state index in [9.17, 15) is 4.79 Å². The summed E-state index contributed by atoms with van der Waals surface area (Å²) in [6.45, 7) is -0.319. The highest BCUT2D eigenvalue weighted by Gasteiger charge is 2.16. The number of fused-ring (bicyclic) bond motifs is 1. The maximum Gasteiger partial charge on any atom is 0.356 e. The molecule has 0 fully saturated rings. The number of carboxylic acids is 1. The van der Waals surface area contributed by atoms with Crippen LogP contribution in [0.3, 0.4) is 0 Å². The van der Waals surface area contributed by atoms with Crippen molar-refractivity contribution in [2.45, 2.75) is 6.61 Å². The zero-order chi connectivity index (χ0) is 11.7. The summed E-state index contributed by atoms with van der Waals surface area (Å²) < 4.78 is 6.52. The third-order valence-electron chi connectivity index (χ3n) is 2.27. The van der Waals surface area contributed by atoms with E-state index in [0.717, 1.165) is 0 Å². The first-order valence-electron chi connectivity index (χ1n) is 4.56. The minimum Gasteiger partial charge on any atom is -0.497 e. The molecule has 0 atom stereocenters. The molecule has 84 valence electrons. The van der Waals surface area contributed by atoms with Crippen molar-refractivity contribution < 1.29 is 19.7 Å². The van der Waals surface area contributed by atoms with Crippen LogP contribution in [-0.2, 0) is 6.61 Å². The number of imidazole rings is 1. The van der Waals surface area contributed by atoms with Gasteiger partial charge in [-0.05, 0) is 6.07 Å². The average molecular weight is 222 g/mol. The molecule has 2 N–H and O–H groups in total. The van der Waals surface area contributed by atoms with Gasteiger partial charge in [-0.3, -0.25) is 0 Å². The number of methoxy groups -OCH3 is 1. The maximum absolute atomic E-state index is 10.9. The number of aromatic carboxylic acids is 1. The zero-order valence-corrected chi connectivity index (χ0v) is 8.54. The number of hydrogen-bond acceptors (Lipinski definition) is 4. The molecule has 0 radical (unpaired) electrons. The first-order valence-corrected chi connectivity index (χ1v) is 4.56. The number of carbonyl (C=O) groups is 1. The summed E-state index contributed by atoms with van der Waals surface area (Å²) in [5.41, 5.74) is 0.304. The molecule has 0 aliphatic rings. The monoisotopic (exact) mass is 222 g/mol. The van der Waals surface area contributed by atoms with E-state index < -0.39 is 5.97 Å². The number of carboxylic acid groups (broad SMARTS) is 1. The van der Waals surface area contributed by atoms with Crippen LogP contribution in [0, 0.1) is 0 Å². The fourth-order valence-corrected chi connectivity index (χ4v) is 1.52. The lowest BCUT2D eigenvalue weighted by atomic mass is 10.3. The van der Waals surface area contributed by atoms with Crippen LogP contribution in [0.1, 0.15) is 16.3 Å². The van der Waals surface area contributed by atoms with Crippen LogP contribution in [0.15, 0.2) is 18.3 Å². The summed E-state index contributed by atoms with van der Waals surface area (Å²) in [4.78, 5) is 14.8. The minimum absolute atomic E-state index is 0.0945. The van der Waals surface area contributed by atoms with Crippen LogP contribution in [0.5, 0.6) is 5.75 Å². The van der Waals surface area contributed by atoms with Gasteiger partial charge in [0.05, 0.1) is 12.6 Å². The molecule has 0 aromatic carbocycles. The van der Waals surface area contributed by atoms with Gasteiger partial charge in [-0.2, -0.15) is 0 Å². The number of rotatable bonds is 3. The van der Waals surface area contributed by atoms with Gasteiger partial charge < -0.3 is 19.4 Å². The van der Waals surface area contributed by atoms with Crippen molar-refractivity contribution in [1.82, 2.24) is 9.38 Å². The number of pyridine rings is 1. The van der Waals surface area contributed by atoms with Crippen LogP contribution in [0.4, 0.5) is 0 Å². The molecule has 2 aromatic heterocycles. The van der Waals surface area contributed by atoms with Crippen molar-refractivity contribution in [1.29, 1.82) is 0 Å². The molecule has 2 aromatic rings. The summed E-state index contributed by atoms with van der Waals surface area (Å²) in [5, 5.41) is 18.0. The topological polar surface area (TPSA) is 84.1 Å². The second-order valence-corrected chi connectivity index (χ2v) is 3.16. The maximum atomic E-state index is 10.9. The van der Waals surface area contributed by atoms with Crippen LogP contribution >= 0.6 is 0 Å². The van der Waals surface area contributed by atoms with Gasteiger partial charge in [0, 0.05) is 12.3 Å². The molecule has 0 saturated carbocycles. The van der Waals surface area contributed by atoms with Gasteiger partial charge in [-0.1, -0.05) is 0 Å². The van der Waals surface area contributed by atoms with Gasteiger partial charge in [0.2, 0.25) is 0 Å². The van der Waals surface area contributed by atoms with Crippen LogP contribution in [0.2, 0.25) is 0 Å². The van der Waals surface area contributed by atoms with E-state index in [-0.39, 0.29) is 18.1 Å². The van der Waals surface area contributed by atoms with E-state index >= 15 is 0 Å². The Morgan fingerprint density at radius 2 is 2.38 bits per heavy atom. The fourth-order valence-electron chi connectivity index (χ4n) is 1.52. The van der Waals surface area contributed by atoms with Gasteiger partial charge >= 0.3 is 5.97 Å². The summed E-state index contributed by atoms with van der Waals surface area (Å²) in [6.07, 6.45) is 1.61. The van der Waals surface area contributed by atoms with E-state index in [0.29, 0.717) is 11.3 Å². The van der Waals surface area contributed by atoms with E-state index in [1.807, 2.05) is 0 Å². The number of aliphatic hydroxyl groups excluding tert-OH is 1. The Labute approximate surface area is 90.7 Å². The van der Waals surface area contributed by atoms with Crippen molar-refractivity contribution in [3.63, 3.8) is 0 Å². The van der Waals surface area contributed by atoms with E-state index in [4.69, 9.17) is 14.9 Å². The Morgan fingerprint density at radius 3 is 2.94 bits per heavy atom. The SMILES string of the molecule is COc1ccn2c(CO)nc(C(=O)O)c2c1. The predicted molar refractivity (Wildman–Crippen MR) is 54.6 cm³/mol. The molecule has 0 aliphatic heterocycles. The number of ether oxygens (including phenoxy) is 1. The van der Waals surface area contributed by atoms with Crippen molar-refractivity contribution >= 4 is 11.5 Å². The van der Waals surface area contributed by atoms with Gasteiger partial charge in [0.1, 0.15) is 18.2 Å². The smallest absolute Gasteiger partial charge is 0.356 e. The van der Waals surface area contributed by atoms with Crippen molar-refractivity contribution in [2.24, 2.45) is 0 Å². The van der Waals surface area contributed by atoms with Crippen molar-refractivity contribution in [3.8, 4) is 5.75 Å². The molecule has 2 heterocycles. The second kappa shape index (κ2) is 3.82. The quantitative estimate of drug-likeness (QED) is 0.791. The summed E-state index contributed by atoms with van der Waals surface area (Å²) in [7, 11) is 1.50. The lowest BCUT2D eigenvalue weighted by Gasteiger charge is -2.01. The van der Waals surface area contributed by atoms with Crippen LogP contribution in [0.25, 0.3) is 5.52 Å². The molecule has 0 saturated heterocycles. The number of aromatic nitrogens is 2. The van der Waals surface area contributed by atoms with E-state index in [1.165, 1.54) is 11.5 Å². The van der Waals surface area contributed by atoms with E-state index in [1.54, 1.807) is 18.3 Å². The van der Waals surface area contributed by atoms with Crippen molar-refractivity contribution in [2.75, 3.05) is 7.11 Å². The lowest BCUT2D eigenvalue weighted by molar-refractivity contribution is 0.0693. The number of nitrogens with zero attached hydrogens (tertiary/aromatic N) is 2. The normalized spacial score (nSPS) is 10.6. The molecule has 16 heavy (non-hydrogen) atoms. The molecule has 6 nitrogen and oxygen atoms in total. The molecular weight excluding hydrogens is 212 g/mol. The molecule has 2 rings (SSSR count). The standard InChI is InChI=1S/C10H10N2O4/c1-16-6-2-3-12-7(4-6)9(10(14)15)11-8(12)5-13/h2-4,13H,5H2,1H3,(H,14,15).